The molecule has 0 heterocycles. The summed E-state index contributed by atoms with van der Waals surface area (Å²) in [5.74, 6) is -1.16. The fourth-order valence-electron chi connectivity index (χ4n) is 1.67. The fraction of sp³-hybridized carbons (Fsp3) is 0.462. The third-order valence-corrected chi connectivity index (χ3v) is 2.88. The summed E-state index contributed by atoms with van der Waals surface area (Å²) in [6.07, 6.45) is 2.04. The van der Waals surface area contributed by atoms with Crippen LogP contribution in [0.25, 0.3) is 0 Å². The lowest BCUT2D eigenvalue weighted by Crippen LogP contribution is -2.09. The number of carbonyl (C=O) groups is 1. The van der Waals surface area contributed by atoms with Gasteiger partial charge in [0.05, 0.1) is 13.7 Å². The van der Waals surface area contributed by atoms with Crippen molar-refractivity contribution in [1.29, 1.82) is 0 Å². The molecular formula is C13H14F2O5. The van der Waals surface area contributed by atoms with E-state index in [-0.39, 0.29) is 22.8 Å². The first kappa shape index (κ1) is 14.4. The Hall–Kier alpha value is -2.05. The van der Waals surface area contributed by atoms with Gasteiger partial charge in [-0.1, -0.05) is 0 Å². The van der Waals surface area contributed by atoms with Crippen LogP contribution in [0.1, 0.15) is 23.2 Å². The van der Waals surface area contributed by atoms with E-state index in [1.165, 1.54) is 7.11 Å². The summed E-state index contributed by atoms with van der Waals surface area (Å²) in [4.78, 5) is 11.1. The standard InChI is InChI=1S/C13H14F2O5/c1-18-9-5-11(20-13(14)15)10(4-8(9)12(16)17)19-6-7-2-3-7/h4-5,7,13H,2-3,6H2,1H3,(H,16,17). The number of hydrogen-bond acceptors (Lipinski definition) is 4. The summed E-state index contributed by atoms with van der Waals surface area (Å²) in [6, 6.07) is 2.24. The van der Waals surface area contributed by atoms with E-state index in [1.54, 1.807) is 0 Å². The van der Waals surface area contributed by atoms with Crippen LogP contribution in [-0.2, 0) is 0 Å². The average molecular weight is 288 g/mol. The van der Waals surface area contributed by atoms with E-state index in [2.05, 4.69) is 4.74 Å². The number of carboxylic acid groups (broad SMARTS) is 1. The van der Waals surface area contributed by atoms with Crippen LogP contribution < -0.4 is 14.2 Å². The van der Waals surface area contributed by atoms with Crippen molar-refractivity contribution in [3.8, 4) is 17.2 Å². The molecule has 7 heteroatoms. The summed E-state index contributed by atoms with van der Waals surface area (Å²) in [7, 11) is 1.25. The molecule has 0 aromatic heterocycles. The highest BCUT2D eigenvalue weighted by Gasteiger charge is 2.24. The Kier molecular flexibility index (Phi) is 4.26. The highest BCUT2D eigenvalue weighted by molar-refractivity contribution is 5.92. The Labute approximate surface area is 114 Å². The third-order valence-electron chi connectivity index (χ3n) is 2.88. The van der Waals surface area contributed by atoms with Crippen molar-refractivity contribution >= 4 is 5.97 Å². The Bertz CT molecular complexity index is 500. The fourth-order valence-corrected chi connectivity index (χ4v) is 1.67. The SMILES string of the molecule is COc1cc(OC(F)F)c(OCC2CC2)cc1C(=O)O. The van der Waals surface area contributed by atoms with E-state index in [0.29, 0.717) is 12.5 Å². The first-order valence-electron chi connectivity index (χ1n) is 6.04. The maximum absolute atomic E-state index is 12.4. The van der Waals surface area contributed by atoms with Crippen LogP contribution in [0.2, 0.25) is 0 Å². The molecule has 1 aromatic rings. The smallest absolute Gasteiger partial charge is 0.387 e. The van der Waals surface area contributed by atoms with E-state index in [1.807, 2.05) is 0 Å². The molecule has 1 aliphatic carbocycles. The van der Waals surface area contributed by atoms with Gasteiger partial charge in [-0.2, -0.15) is 8.78 Å². The summed E-state index contributed by atoms with van der Waals surface area (Å²) in [5, 5.41) is 9.06. The third kappa shape index (κ3) is 3.49. The van der Waals surface area contributed by atoms with Gasteiger partial charge in [-0.15, -0.1) is 0 Å². The molecule has 1 N–H and O–H groups in total. The first-order chi connectivity index (χ1) is 9.51. The number of ether oxygens (including phenoxy) is 3. The molecule has 1 aromatic carbocycles. The van der Waals surface area contributed by atoms with Gasteiger partial charge in [-0.25, -0.2) is 4.79 Å². The van der Waals surface area contributed by atoms with Crippen LogP contribution in [0, 0.1) is 5.92 Å². The van der Waals surface area contributed by atoms with Gasteiger partial charge in [-0.3, -0.25) is 0 Å². The molecule has 1 saturated carbocycles. The summed E-state index contributed by atoms with van der Waals surface area (Å²) >= 11 is 0. The summed E-state index contributed by atoms with van der Waals surface area (Å²) in [6.45, 7) is -2.68. The number of aromatic carboxylic acids is 1. The number of methoxy groups -OCH3 is 1. The Balaban J connectivity index is 2.31. The lowest BCUT2D eigenvalue weighted by Gasteiger charge is -2.15. The van der Waals surface area contributed by atoms with Gasteiger partial charge >= 0.3 is 12.6 Å². The molecule has 0 atom stereocenters. The summed E-state index contributed by atoms with van der Waals surface area (Å²) in [5.41, 5.74) is -0.167. The minimum atomic E-state index is -3.03. The molecule has 1 aliphatic rings. The normalized spacial score (nSPS) is 14.2. The molecule has 0 saturated heterocycles. The van der Waals surface area contributed by atoms with E-state index < -0.39 is 12.6 Å². The van der Waals surface area contributed by atoms with Gasteiger partial charge in [0.1, 0.15) is 11.3 Å². The van der Waals surface area contributed by atoms with Crippen LogP contribution in [0.3, 0.4) is 0 Å². The predicted octanol–water partition coefficient (Wildman–Crippen LogP) is 2.78. The zero-order valence-electron chi connectivity index (χ0n) is 10.8. The zero-order valence-corrected chi connectivity index (χ0v) is 10.8. The van der Waals surface area contributed by atoms with Crippen molar-refractivity contribution < 1.29 is 32.9 Å². The summed E-state index contributed by atoms with van der Waals surface area (Å²) < 4.78 is 39.3. The highest BCUT2D eigenvalue weighted by atomic mass is 19.3. The van der Waals surface area contributed by atoms with Crippen molar-refractivity contribution in [1.82, 2.24) is 0 Å². The van der Waals surface area contributed by atoms with Crippen molar-refractivity contribution in [2.75, 3.05) is 13.7 Å². The lowest BCUT2D eigenvalue weighted by molar-refractivity contribution is -0.0516. The lowest BCUT2D eigenvalue weighted by atomic mass is 10.1. The number of hydrogen-bond donors (Lipinski definition) is 1. The van der Waals surface area contributed by atoms with Gasteiger partial charge in [0.15, 0.2) is 11.5 Å². The largest absolute Gasteiger partial charge is 0.496 e. The molecule has 0 bridgehead atoms. The van der Waals surface area contributed by atoms with Crippen LogP contribution in [0.4, 0.5) is 8.78 Å². The van der Waals surface area contributed by atoms with E-state index in [9.17, 15) is 13.6 Å². The van der Waals surface area contributed by atoms with E-state index >= 15 is 0 Å². The van der Waals surface area contributed by atoms with E-state index in [4.69, 9.17) is 14.6 Å². The minimum absolute atomic E-state index is 0.0181. The molecule has 0 unspecified atom stereocenters. The van der Waals surface area contributed by atoms with Gasteiger partial charge in [0.25, 0.3) is 0 Å². The van der Waals surface area contributed by atoms with Crippen LogP contribution >= 0.6 is 0 Å². The number of rotatable bonds is 7. The van der Waals surface area contributed by atoms with E-state index in [0.717, 1.165) is 25.0 Å². The zero-order chi connectivity index (χ0) is 14.7. The Morgan fingerprint density at radius 3 is 2.55 bits per heavy atom. The van der Waals surface area contributed by atoms with Crippen molar-refractivity contribution in [3.63, 3.8) is 0 Å². The topological polar surface area (TPSA) is 65.0 Å². The van der Waals surface area contributed by atoms with Crippen LogP contribution in [0.15, 0.2) is 12.1 Å². The van der Waals surface area contributed by atoms with Gasteiger partial charge in [0, 0.05) is 12.1 Å². The number of halogens is 2. The number of carboxylic acids is 1. The maximum atomic E-state index is 12.4. The van der Waals surface area contributed by atoms with Crippen LogP contribution in [0.5, 0.6) is 17.2 Å². The minimum Gasteiger partial charge on any atom is -0.496 e. The van der Waals surface area contributed by atoms with Crippen molar-refractivity contribution in [2.24, 2.45) is 5.92 Å². The van der Waals surface area contributed by atoms with Gasteiger partial charge in [-0.05, 0) is 18.8 Å². The molecule has 2 rings (SSSR count). The van der Waals surface area contributed by atoms with Crippen molar-refractivity contribution in [2.45, 2.75) is 19.5 Å². The molecule has 5 nitrogen and oxygen atoms in total. The molecule has 0 amide bonds. The Morgan fingerprint density at radius 2 is 2.05 bits per heavy atom. The monoisotopic (exact) mass is 288 g/mol. The Morgan fingerprint density at radius 1 is 1.35 bits per heavy atom. The average Bonchev–Trinajstić information content (AvgIpc) is 3.19. The number of alkyl halides is 2. The predicted molar refractivity (Wildman–Crippen MR) is 64.8 cm³/mol. The van der Waals surface area contributed by atoms with Gasteiger partial charge < -0.3 is 19.3 Å². The number of benzene rings is 1. The quantitative estimate of drug-likeness (QED) is 0.835. The highest BCUT2D eigenvalue weighted by Crippen LogP contribution is 2.38. The second-order valence-electron chi connectivity index (χ2n) is 4.44. The second kappa shape index (κ2) is 5.94. The molecule has 110 valence electrons. The first-order valence-corrected chi connectivity index (χ1v) is 6.04. The molecule has 20 heavy (non-hydrogen) atoms. The maximum Gasteiger partial charge on any atom is 0.387 e. The molecule has 1 fully saturated rings. The molecule has 0 radical (unpaired) electrons. The molecule has 0 aliphatic heterocycles. The van der Waals surface area contributed by atoms with Crippen LogP contribution in [-0.4, -0.2) is 31.4 Å². The van der Waals surface area contributed by atoms with Gasteiger partial charge in [0.2, 0.25) is 0 Å². The van der Waals surface area contributed by atoms with Crippen molar-refractivity contribution in [3.05, 3.63) is 17.7 Å². The molecule has 0 spiro atoms. The molecular weight excluding hydrogens is 274 g/mol. The second-order valence-corrected chi connectivity index (χ2v) is 4.44.